The molecule has 0 spiro atoms. The van der Waals surface area contributed by atoms with Gasteiger partial charge in [-0.15, -0.1) is 0 Å². The number of amides is 1. The highest BCUT2D eigenvalue weighted by Gasteiger charge is 2.48. The van der Waals surface area contributed by atoms with Crippen molar-refractivity contribution >= 4 is 11.9 Å². The van der Waals surface area contributed by atoms with E-state index in [-0.39, 0.29) is 11.5 Å². The fourth-order valence-corrected chi connectivity index (χ4v) is 5.23. The van der Waals surface area contributed by atoms with Crippen LogP contribution in [0, 0.1) is 23.7 Å². The molecule has 0 radical (unpaired) electrons. The van der Waals surface area contributed by atoms with Crippen molar-refractivity contribution < 1.29 is 14.7 Å². The Kier molecular flexibility index (Phi) is 3.43. The lowest BCUT2D eigenvalue weighted by Crippen LogP contribution is -2.56. The second-order valence-corrected chi connectivity index (χ2v) is 7.66. The highest BCUT2D eigenvalue weighted by molar-refractivity contribution is 5.87. The lowest BCUT2D eigenvalue weighted by Gasteiger charge is -2.54. The SMILES string of the molecule is CC(C(=O)NC1C2CC3CC(C2)CC1C3)n1cc(C(=O)O)cn1. The molecule has 1 unspecified atom stereocenters. The maximum absolute atomic E-state index is 12.6. The van der Waals surface area contributed by atoms with E-state index in [9.17, 15) is 9.59 Å². The zero-order valence-corrected chi connectivity index (χ0v) is 13.3. The number of carboxylic acids is 1. The number of hydrogen-bond acceptors (Lipinski definition) is 3. The number of carbonyl (C=O) groups excluding carboxylic acids is 1. The molecule has 5 rings (SSSR count). The number of carbonyl (C=O) groups is 2. The van der Waals surface area contributed by atoms with Crippen molar-refractivity contribution in [3.8, 4) is 0 Å². The number of rotatable bonds is 4. The van der Waals surface area contributed by atoms with Gasteiger partial charge < -0.3 is 10.4 Å². The first-order chi connectivity index (χ1) is 11.0. The lowest BCUT2D eigenvalue weighted by atomic mass is 9.54. The van der Waals surface area contributed by atoms with Crippen molar-refractivity contribution in [3.63, 3.8) is 0 Å². The molecule has 0 aromatic carbocycles. The maximum Gasteiger partial charge on any atom is 0.338 e. The first-order valence-corrected chi connectivity index (χ1v) is 8.59. The Labute approximate surface area is 135 Å². The quantitative estimate of drug-likeness (QED) is 0.890. The highest BCUT2D eigenvalue weighted by Crippen LogP contribution is 2.53. The van der Waals surface area contributed by atoms with Gasteiger partial charge in [0.05, 0.1) is 11.8 Å². The van der Waals surface area contributed by atoms with Gasteiger partial charge >= 0.3 is 5.97 Å². The molecular weight excluding hydrogens is 294 g/mol. The van der Waals surface area contributed by atoms with E-state index >= 15 is 0 Å². The van der Waals surface area contributed by atoms with Crippen molar-refractivity contribution in [1.29, 1.82) is 0 Å². The fraction of sp³-hybridized carbons (Fsp3) is 0.706. The van der Waals surface area contributed by atoms with E-state index in [1.807, 2.05) is 0 Å². The Hall–Kier alpha value is -1.85. The van der Waals surface area contributed by atoms with Gasteiger partial charge in [-0.25, -0.2) is 4.79 Å². The van der Waals surface area contributed by atoms with Crippen LogP contribution in [-0.4, -0.2) is 32.8 Å². The standard InChI is InChI=1S/C17H23N3O3/c1-9(20-8-14(7-18-20)17(22)23)16(21)19-15-12-3-10-2-11(5-12)6-13(15)4-10/h7-13,15H,2-6H2,1H3,(H,19,21)(H,22,23). The van der Waals surface area contributed by atoms with Crippen LogP contribution < -0.4 is 5.32 Å². The minimum absolute atomic E-state index is 0.0532. The molecular formula is C17H23N3O3. The van der Waals surface area contributed by atoms with Gasteiger partial charge in [-0.05, 0) is 62.7 Å². The van der Waals surface area contributed by atoms with Gasteiger partial charge in [-0.2, -0.15) is 5.10 Å². The molecule has 2 N–H and O–H groups in total. The molecule has 23 heavy (non-hydrogen) atoms. The summed E-state index contributed by atoms with van der Waals surface area (Å²) in [7, 11) is 0. The minimum Gasteiger partial charge on any atom is -0.478 e. The van der Waals surface area contributed by atoms with Gasteiger partial charge in [0.15, 0.2) is 0 Å². The first-order valence-electron chi connectivity index (χ1n) is 8.59. The molecule has 1 aromatic rings. The Balaban J connectivity index is 1.44. The third-order valence-corrected chi connectivity index (χ3v) is 6.16. The van der Waals surface area contributed by atoms with E-state index in [0.717, 1.165) is 11.8 Å². The summed E-state index contributed by atoms with van der Waals surface area (Å²) in [6.45, 7) is 1.77. The molecule has 1 heterocycles. The summed E-state index contributed by atoms with van der Waals surface area (Å²) >= 11 is 0. The van der Waals surface area contributed by atoms with Crippen LogP contribution >= 0.6 is 0 Å². The Morgan fingerprint density at radius 2 is 1.83 bits per heavy atom. The molecule has 6 heteroatoms. The summed E-state index contributed by atoms with van der Waals surface area (Å²) in [6.07, 6.45) is 9.15. The summed E-state index contributed by atoms with van der Waals surface area (Å²) in [5.74, 6) is 1.95. The van der Waals surface area contributed by atoms with Crippen LogP contribution in [0.5, 0.6) is 0 Å². The Bertz CT molecular complexity index is 611. The summed E-state index contributed by atoms with van der Waals surface area (Å²) in [4.78, 5) is 23.5. The maximum atomic E-state index is 12.6. The lowest BCUT2D eigenvalue weighted by molar-refractivity contribution is -0.128. The summed E-state index contributed by atoms with van der Waals surface area (Å²) in [6, 6.07) is -0.187. The topological polar surface area (TPSA) is 84.2 Å². The van der Waals surface area contributed by atoms with Crippen LogP contribution in [0.3, 0.4) is 0 Å². The average Bonchev–Trinajstić information content (AvgIpc) is 2.99. The van der Waals surface area contributed by atoms with Gasteiger partial charge in [0.25, 0.3) is 0 Å². The van der Waals surface area contributed by atoms with Gasteiger partial charge in [-0.1, -0.05) is 0 Å². The number of nitrogens with zero attached hydrogens (tertiary/aromatic N) is 2. The van der Waals surface area contributed by atoms with E-state index in [1.54, 1.807) is 6.92 Å². The first kappa shape index (κ1) is 14.7. The number of aromatic nitrogens is 2. The van der Waals surface area contributed by atoms with E-state index in [2.05, 4.69) is 10.4 Å². The van der Waals surface area contributed by atoms with Crippen LogP contribution in [-0.2, 0) is 4.79 Å². The van der Waals surface area contributed by atoms with Crippen molar-refractivity contribution in [2.75, 3.05) is 0 Å². The largest absolute Gasteiger partial charge is 0.478 e. The van der Waals surface area contributed by atoms with Crippen LogP contribution in [0.15, 0.2) is 12.4 Å². The molecule has 0 aliphatic heterocycles. The molecule has 1 amide bonds. The monoisotopic (exact) mass is 317 g/mol. The molecule has 4 saturated carbocycles. The summed E-state index contributed by atoms with van der Waals surface area (Å²) in [5.41, 5.74) is 0.110. The van der Waals surface area contributed by atoms with Gasteiger partial charge in [-0.3, -0.25) is 9.48 Å². The normalized spacial score (nSPS) is 36.0. The molecule has 1 atom stereocenters. The number of aromatic carboxylic acids is 1. The Morgan fingerprint density at radius 1 is 1.22 bits per heavy atom. The molecule has 4 bridgehead atoms. The van der Waals surface area contributed by atoms with Gasteiger partial charge in [0.1, 0.15) is 6.04 Å². The highest BCUT2D eigenvalue weighted by atomic mass is 16.4. The van der Waals surface area contributed by atoms with Crippen molar-refractivity contribution in [1.82, 2.24) is 15.1 Å². The predicted octanol–water partition coefficient (Wildman–Crippen LogP) is 2.08. The van der Waals surface area contributed by atoms with Gasteiger partial charge in [0, 0.05) is 12.2 Å². The van der Waals surface area contributed by atoms with Gasteiger partial charge in [0.2, 0.25) is 5.91 Å². The Morgan fingerprint density at radius 3 is 2.35 bits per heavy atom. The second kappa shape index (κ2) is 5.35. The van der Waals surface area contributed by atoms with E-state index in [1.165, 1.54) is 49.2 Å². The van der Waals surface area contributed by atoms with Crippen molar-refractivity contribution in [2.45, 2.75) is 51.1 Å². The molecule has 6 nitrogen and oxygen atoms in total. The zero-order valence-electron chi connectivity index (χ0n) is 13.3. The number of carboxylic acid groups (broad SMARTS) is 1. The smallest absolute Gasteiger partial charge is 0.338 e. The molecule has 4 fully saturated rings. The molecule has 0 saturated heterocycles. The summed E-state index contributed by atoms with van der Waals surface area (Å²) < 4.78 is 1.44. The summed E-state index contributed by atoms with van der Waals surface area (Å²) in [5, 5.41) is 16.2. The van der Waals surface area contributed by atoms with E-state index < -0.39 is 12.0 Å². The third-order valence-electron chi connectivity index (χ3n) is 6.16. The number of nitrogens with one attached hydrogen (secondary N) is 1. The van der Waals surface area contributed by atoms with Crippen molar-refractivity contribution in [3.05, 3.63) is 18.0 Å². The fourth-order valence-electron chi connectivity index (χ4n) is 5.23. The minimum atomic E-state index is -1.02. The van der Waals surface area contributed by atoms with Crippen LogP contribution in [0.4, 0.5) is 0 Å². The van der Waals surface area contributed by atoms with Crippen LogP contribution in [0.2, 0.25) is 0 Å². The van der Waals surface area contributed by atoms with Crippen LogP contribution in [0.25, 0.3) is 0 Å². The van der Waals surface area contributed by atoms with E-state index in [4.69, 9.17) is 5.11 Å². The molecule has 4 aliphatic carbocycles. The zero-order chi connectivity index (χ0) is 16.1. The second-order valence-electron chi connectivity index (χ2n) is 7.66. The van der Waals surface area contributed by atoms with E-state index in [0.29, 0.717) is 17.9 Å². The average molecular weight is 317 g/mol. The van der Waals surface area contributed by atoms with Crippen LogP contribution in [0.1, 0.15) is 55.4 Å². The molecule has 4 aliphatic rings. The molecule has 1 aromatic heterocycles. The predicted molar refractivity (Wildman–Crippen MR) is 82.9 cm³/mol. The molecule has 124 valence electrons. The third kappa shape index (κ3) is 2.54. The van der Waals surface area contributed by atoms with Crippen molar-refractivity contribution in [2.24, 2.45) is 23.7 Å². The number of hydrogen-bond donors (Lipinski definition) is 2.